The summed E-state index contributed by atoms with van der Waals surface area (Å²) in [6.07, 6.45) is 1.36. The molecule has 1 aromatic carbocycles. The number of ether oxygens (including phenoxy) is 1. The Morgan fingerprint density at radius 1 is 1.26 bits per heavy atom. The van der Waals surface area contributed by atoms with E-state index in [9.17, 15) is 4.79 Å². The molecule has 6 nitrogen and oxygen atoms in total. The monoisotopic (exact) mass is 316 g/mol. The Labute approximate surface area is 136 Å². The normalized spacial score (nSPS) is 12.9. The standard InChI is InChI=1S/C17H24N4O2/c1-12(9-20-16(22)23-17(2,3)4)18-10-13-11-19-14-7-5-6-8-15(14)21-13/h5-8,11-12,18H,9-10H2,1-4H3,(H,20,22). The molecule has 2 N–H and O–H groups in total. The maximum atomic E-state index is 11.6. The molecule has 1 atom stereocenters. The Hall–Kier alpha value is -2.21. The molecule has 0 spiro atoms. The first-order valence-corrected chi connectivity index (χ1v) is 7.74. The van der Waals surface area contributed by atoms with Crippen molar-refractivity contribution in [2.75, 3.05) is 6.54 Å². The average molecular weight is 316 g/mol. The number of benzene rings is 1. The Morgan fingerprint density at radius 3 is 2.65 bits per heavy atom. The SMILES string of the molecule is CC(CNC(=O)OC(C)(C)C)NCc1cnc2ccccc2n1. The van der Waals surface area contributed by atoms with Gasteiger partial charge < -0.3 is 15.4 Å². The molecule has 0 aliphatic heterocycles. The number of amides is 1. The van der Waals surface area contributed by atoms with Gasteiger partial charge in [0.25, 0.3) is 0 Å². The fourth-order valence-electron chi connectivity index (χ4n) is 1.98. The van der Waals surface area contributed by atoms with Gasteiger partial charge in [-0.1, -0.05) is 12.1 Å². The number of carbonyl (C=O) groups excluding carboxylic acids is 1. The van der Waals surface area contributed by atoms with Crippen molar-refractivity contribution in [2.45, 2.75) is 45.9 Å². The van der Waals surface area contributed by atoms with Gasteiger partial charge in [-0.15, -0.1) is 0 Å². The van der Waals surface area contributed by atoms with Gasteiger partial charge in [0.15, 0.2) is 0 Å². The zero-order valence-corrected chi connectivity index (χ0v) is 14.1. The third-order valence-corrected chi connectivity index (χ3v) is 3.08. The molecule has 1 aromatic heterocycles. The van der Waals surface area contributed by atoms with E-state index in [2.05, 4.69) is 20.6 Å². The summed E-state index contributed by atoms with van der Waals surface area (Å²) in [5.41, 5.74) is 2.15. The molecule has 1 heterocycles. The van der Waals surface area contributed by atoms with Crippen molar-refractivity contribution in [2.24, 2.45) is 0 Å². The molecule has 1 amide bonds. The Balaban J connectivity index is 1.79. The van der Waals surface area contributed by atoms with Crippen molar-refractivity contribution in [3.63, 3.8) is 0 Å². The van der Waals surface area contributed by atoms with Crippen LogP contribution in [0.15, 0.2) is 30.5 Å². The number of carbonyl (C=O) groups is 1. The van der Waals surface area contributed by atoms with Crippen LogP contribution in [-0.2, 0) is 11.3 Å². The maximum Gasteiger partial charge on any atom is 0.407 e. The van der Waals surface area contributed by atoms with Crippen LogP contribution < -0.4 is 10.6 Å². The quantitative estimate of drug-likeness (QED) is 0.887. The Bertz CT molecular complexity index is 667. The molecule has 0 fully saturated rings. The van der Waals surface area contributed by atoms with E-state index in [4.69, 9.17) is 4.74 Å². The number of hydrogen-bond donors (Lipinski definition) is 2. The van der Waals surface area contributed by atoms with Gasteiger partial charge in [0.2, 0.25) is 0 Å². The van der Waals surface area contributed by atoms with Gasteiger partial charge in [0.05, 0.1) is 22.9 Å². The summed E-state index contributed by atoms with van der Waals surface area (Å²) in [4.78, 5) is 20.5. The summed E-state index contributed by atoms with van der Waals surface area (Å²) in [6.45, 7) is 8.59. The number of fused-ring (bicyclic) bond motifs is 1. The molecule has 0 aliphatic rings. The van der Waals surface area contributed by atoms with Crippen LogP contribution >= 0.6 is 0 Å². The molecule has 1 unspecified atom stereocenters. The molecular formula is C17H24N4O2. The van der Waals surface area contributed by atoms with Crippen LogP contribution in [0.2, 0.25) is 0 Å². The van der Waals surface area contributed by atoms with Gasteiger partial charge in [0.1, 0.15) is 5.60 Å². The molecule has 0 saturated carbocycles. The average Bonchev–Trinajstić information content (AvgIpc) is 2.49. The van der Waals surface area contributed by atoms with E-state index in [0.717, 1.165) is 16.7 Å². The van der Waals surface area contributed by atoms with E-state index in [1.54, 1.807) is 6.20 Å². The van der Waals surface area contributed by atoms with Crippen LogP contribution in [0.4, 0.5) is 4.79 Å². The Morgan fingerprint density at radius 2 is 1.96 bits per heavy atom. The summed E-state index contributed by atoms with van der Waals surface area (Å²) < 4.78 is 5.20. The second-order valence-electron chi connectivity index (χ2n) is 6.51. The summed E-state index contributed by atoms with van der Waals surface area (Å²) in [7, 11) is 0. The highest BCUT2D eigenvalue weighted by molar-refractivity contribution is 5.73. The number of alkyl carbamates (subject to hydrolysis) is 1. The first kappa shape index (κ1) is 17.1. The summed E-state index contributed by atoms with van der Waals surface area (Å²) >= 11 is 0. The van der Waals surface area contributed by atoms with Crippen LogP contribution in [-0.4, -0.2) is 34.2 Å². The van der Waals surface area contributed by atoms with Crippen LogP contribution in [0, 0.1) is 0 Å². The number of nitrogens with one attached hydrogen (secondary N) is 2. The van der Waals surface area contributed by atoms with E-state index in [-0.39, 0.29) is 6.04 Å². The number of rotatable bonds is 5. The minimum atomic E-state index is -0.485. The van der Waals surface area contributed by atoms with Crippen molar-refractivity contribution in [3.8, 4) is 0 Å². The van der Waals surface area contributed by atoms with Gasteiger partial charge in [-0.05, 0) is 39.8 Å². The van der Waals surface area contributed by atoms with Gasteiger partial charge in [-0.2, -0.15) is 0 Å². The lowest BCUT2D eigenvalue weighted by Gasteiger charge is -2.21. The van der Waals surface area contributed by atoms with Crippen LogP contribution in [0.3, 0.4) is 0 Å². The van der Waals surface area contributed by atoms with E-state index in [1.807, 2.05) is 52.0 Å². The third kappa shape index (κ3) is 5.83. The van der Waals surface area contributed by atoms with Gasteiger partial charge in [-0.3, -0.25) is 4.98 Å². The third-order valence-electron chi connectivity index (χ3n) is 3.08. The molecule has 0 aliphatic carbocycles. The van der Waals surface area contributed by atoms with Gasteiger partial charge in [-0.25, -0.2) is 9.78 Å². The zero-order chi connectivity index (χ0) is 16.9. The molecule has 2 aromatic rings. The Kier molecular flexibility index (Phi) is 5.50. The smallest absolute Gasteiger partial charge is 0.407 e. The molecule has 23 heavy (non-hydrogen) atoms. The van der Waals surface area contributed by atoms with Crippen LogP contribution in [0.5, 0.6) is 0 Å². The summed E-state index contributed by atoms with van der Waals surface area (Å²) in [5, 5.41) is 6.05. The van der Waals surface area contributed by atoms with Crippen molar-refractivity contribution in [1.29, 1.82) is 0 Å². The van der Waals surface area contributed by atoms with Crippen molar-refractivity contribution in [1.82, 2.24) is 20.6 Å². The molecule has 6 heteroatoms. The zero-order valence-electron chi connectivity index (χ0n) is 14.1. The first-order chi connectivity index (χ1) is 10.8. The molecule has 2 rings (SSSR count). The van der Waals surface area contributed by atoms with Crippen molar-refractivity contribution >= 4 is 17.1 Å². The molecule has 124 valence electrons. The topological polar surface area (TPSA) is 76.1 Å². The second-order valence-corrected chi connectivity index (χ2v) is 6.51. The highest BCUT2D eigenvalue weighted by Gasteiger charge is 2.16. The highest BCUT2D eigenvalue weighted by Crippen LogP contribution is 2.08. The van der Waals surface area contributed by atoms with E-state index < -0.39 is 11.7 Å². The minimum absolute atomic E-state index is 0.0933. The summed E-state index contributed by atoms with van der Waals surface area (Å²) in [5.74, 6) is 0. The molecular weight excluding hydrogens is 292 g/mol. The highest BCUT2D eigenvalue weighted by atomic mass is 16.6. The van der Waals surface area contributed by atoms with Crippen molar-refractivity contribution < 1.29 is 9.53 Å². The molecule has 0 saturated heterocycles. The predicted octanol–water partition coefficient (Wildman–Crippen LogP) is 2.63. The largest absolute Gasteiger partial charge is 0.444 e. The van der Waals surface area contributed by atoms with Crippen molar-refractivity contribution in [3.05, 3.63) is 36.2 Å². The fraction of sp³-hybridized carbons (Fsp3) is 0.471. The minimum Gasteiger partial charge on any atom is -0.444 e. The number of hydrogen-bond acceptors (Lipinski definition) is 5. The predicted molar refractivity (Wildman–Crippen MR) is 90.1 cm³/mol. The summed E-state index contributed by atoms with van der Waals surface area (Å²) in [6, 6.07) is 7.86. The van der Waals surface area contributed by atoms with Gasteiger partial charge >= 0.3 is 6.09 Å². The molecule has 0 bridgehead atoms. The number of para-hydroxylation sites is 2. The van der Waals surface area contributed by atoms with Crippen LogP contribution in [0.1, 0.15) is 33.4 Å². The fourth-order valence-corrected chi connectivity index (χ4v) is 1.98. The lowest BCUT2D eigenvalue weighted by Crippen LogP contribution is -2.41. The van der Waals surface area contributed by atoms with E-state index in [1.165, 1.54) is 0 Å². The van der Waals surface area contributed by atoms with Crippen LogP contribution in [0.25, 0.3) is 11.0 Å². The number of nitrogens with zero attached hydrogens (tertiary/aromatic N) is 2. The lowest BCUT2D eigenvalue weighted by molar-refractivity contribution is 0.0523. The first-order valence-electron chi connectivity index (χ1n) is 7.74. The maximum absolute atomic E-state index is 11.6. The lowest BCUT2D eigenvalue weighted by atomic mass is 10.2. The second kappa shape index (κ2) is 7.37. The molecule has 0 radical (unpaired) electrons. The number of aromatic nitrogens is 2. The van der Waals surface area contributed by atoms with E-state index in [0.29, 0.717) is 13.1 Å². The van der Waals surface area contributed by atoms with E-state index >= 15 is 0 Å². The van der Waals surface area contributed by atoms with Gasteiger partial charge in [0, 0.05) is 19.1 Å².